The van der Waals surface area contributed by atoms with Gasteiger partial charge in [-0.2, -0.15) is 13.2 Å². The van der Waals surface area contributed by atoms with Crippen LogP contribution in [0.15, 0.2) is 90.1 Å². The summed E-state index contributed by atoms with van der Waals surface area (Å²) >= 11 is 0. The van der Waals surface area contributed by atoms with Crippen LogP contribution in [0.5, 0.6) is 0 Å². The van der Waals surface area contributed by atoms with E-state index in [2.05, 4.69) is 59.7 Å². The summed E-state index contributed by atoms with van der Waals surface area (Å²) in [5.41, 5.74) is 9.66. The molecule has 6 aromatic rings. The fourth-order valence-corrected chi connectivity index (χ4v) is 9.89. The van der Waals surface area contributed by atoms with Crippen LogP contribution in [0, 0.1) is 18.6 Å². The number of nitrogens with zero attached hydrogens (tertiary/aromatic N) is 6. The first-order valence-corrected chi connectivity index (χ1v) is 26.0. The molecule has 0 spiro atoms. The van der Waals surface area contributed by atoms with Gasteiger partial charge in [0.15, 0.2) is 0 Å². The lowest BCUT2D eigenvalue weighted by Crippen LogP contribution is -2.49. The van der Waals surface area contributed by atoms with Gasteiger partial charge in [-0.25, -0.2) is 28.3 Å². The normalized spacial score (nSPS) is 16.0. The monoisotopic (exact) mass is 1110 g/mol. The number of amides is 4. The summed E-state index contributed by atoms with van der Waals surface area (Å²) in [6.45, 7) is 10.8. The third kappa shape index (κ3) is 14.5. The Morgan fingerprint density at radius 2 is 1.52 bits per heavy atom. The van der Waals surface area contributed by atoms with E-state index >= 15 is 8.78 Å². The van der Waals surface area contributed by atoms with E-state index in [1.54, 1.807) is 37.6 Å². The van der Waals surface area contributed by atoms with E-state index in [1.165, 1.54) is 41.1 Å². The van der Waals surface area contributed by atoms with Crippen molar-refractivity contribution in [2.24, 2.45) is 5.73 Å². The summed E-state index contributed by atoms with van der Waals surface area (Å²) in [6, 6.07) is 19.8. The van der Waals surface area contributed by atoms with Crippen LogP contribution in [-0.2, 0) is 49.1 Å². The molecule has 19 nitrogen and oxygen atoms in total. The lowest BCUT2D eigenvalue weighted by molar-refractivity contribution is -0.192. The maximum Gasteiger partial charge on any atom is 0.490 e. The molecule has 4 amide bonds. The van der Waals surface area contributed by atoms with Crippen molar-refractivity contribution in [3.63, 3.8) is 0 Å². The number of benzene rings is 3. The fraction of sp³-hybridized carbons (Fsp3) is 0.393. The molecule has 24 heteroatoms. The van der Waals surface area contributed by atoms with Gasteiger partial charge >= 0.3 is 24.1 Å². The van der Waals surface area contributed by atoms with Gasteiger partial charge in [-0.3, -0.25) is 29.4 Å². The number of H-pyrrole nitrogens is 1. The van der Waals surface area contributed by atoms with Crippen LogP contribution in [0.2, 0.25) is 0 Å². The lowest BCUT2D eigenvalue weighted by atomic mass is 9.96. The second-order valence-electron chi connectivity index (χ2n) is 20.3. The quantitative estimate of drug-likeness (QED) is 0.0473. The molecule has 0 saturated carbocycles. The zero-order chi connectivity index (χ0) is 57.5. The van der Waals surface area contributed by atoms with Gasteiger partial charge in [0, 0.05) is 92.9 Å². The van der Waals surface area contributed by atoms with Crippen molar-refractivity contribution < 1.29 is 60.5 Å². The summed E-state index contributed by atoms with van der Waals surface area (Å²) in [4.78, 5) is 89.7. The molecule has 3 aromatic heterocycles. The number of piperidine rings is 2. The van der Waals surface area contributed by atoms with Gasteiger partial charge in [0.2, 0.25) is 5.91 Å². The number of hydrogen-bond acceptors (Lipinski definition) is 13. The highest BCUT2D eigenvalue weighted by molar-refractivity contribution is 6.06. The molecule has 3 aliphatic heterocycles. The Labute approximate surface area is 456 Å². The van der Waals surface area contributed by atoms with Crippen molar-refractivity contribution in [1.82, 2.24) is 39.5 Å². The largest absolute Gasteiger partial charge is 0.490 e. The zero-order valence-electron chi connectivity index (χ0n) is 44.2. The molecule has 80 heavy (non-hydrogen) atoms. The second-order valence-corrected chi connectivity index (χ2v) is 20.3. The van der Waals surface area contributed by atoms with Crippen LogP contribution in [-0.4, -0.2) is 133 Å². The number of urea groups is 1. The zero-order valence-corrected chi connectivity index (χ0v) is 44.2. The Balaban J connectivity index is 0.00000113. The number of carbonyl (C=O) groups excluding carboxylic acids is 4. The molecule has 3 aliphatic rings. The minimum absolute atomic E-state index is 0.118. The Hall–Kier alpha value is -7.93. The van der Waals surface area contributed by atoms with Gasteiger partial charge in [-0.05, 0) is 105 Å². The first kappa shape index (κ1) is 58.2. The van der Waals surface area contributed by atoms with Gasteiger partial charge < -0.3 is 45.0 Å². The van der Waals surface area contributed by atoms with E-state index in [9.17, 15) is 37.1 Å². The molecule has 6 N–H and O–H groups in total. The number of nitrogens with one attached hydrogen (secondary N) is 3. The molecule has 3 fully saturated rings. The number of ether oxygens (including phenoxy) is 2. The number of carboxylic acid groups (broad SMARTS) is 1. The van der Waals surface area contributed by atoms with Crippen molar-refractivity contribution in [2.45, 2.75) is 96.5 Å². The van der Waals surface area contributed by atoms with E-state index in [1.807, 2.05) is 12.1 Å². The molecule has 424 valence electrons. The number of carboxylic acids is 1. The van der Waals surface area contributed by atoms with E-state index in [-0.39, 0.29) is 54.4 Å². The van der Waals surface area contributed by atoms with E-state index in [4.69, 9.17) is 25.1 Å². The van der Waals surface area contributed by atoms with Crippen LogP contribution >= 0.6 is 0 Å². The Morgan fingerprint density at radius 3 is 2.16 bits per heavy atom. The van der Waals surface area contributed by atoms with Gasteiger partial charge in [0.05, 0.1) is 36.6 Å². The van der Waals surface area contributed by atoms with Gasteiger partial charge in [-0.15, -0.1) is 0 Å². The maximum absolute atomic E-state index is 15.4. The standard InChI is InChI=1S/C54H60F2N10O7.C2HF3O2/c1-33-42(26-38(55)27-45(33)61-51(69)41-11-10-37(25-44(41)56)54(2,3)73-48(68)29-57)49-43-28-46(60-50(43)59-32-58-49)35-8-6-34(7-9-35)30-64-20-14-40(15-21-64)72-39-12-18-63(19-13-39)23-24-65-17-4-5-36(52(65)70)31-66-22-16-47(67)62-53(66)71;3-2(4,5)1(6)7/h4-11,17,25-28,32,39-40H,12-16,18-24,29-31,57H2,1-3H3,(H,61,69)(H,58,59,60)(H,62,67,71);(H,6,7). The van der Waals surface area contributed by atoms with Gasteiger partial charge in [0.25, 0.3) is 11.5 Å². The average molecular weight is 1110 g/mol. The van der Waals surface area contributed by atoms with Crippen LogP contribution in [0.3, 0.4) is 0 Å². The highest BCUT2D eigenvalue weighted by Crippen LogP contribution is 2.36. The summed E-state index contributed by atoms with van der Waals surface area (Å²) in [7, 11) is 0. The molecule has 0 radical (unpaired) electrons. The van der Waals surface area contributed by atoms with E-state index in [0.717, 1.165) is 82.3 Å². The van der Waals surface area contributed by atoms with Crippen molar-refractivity contribution in [1.29, 1.82) is 0 Å². The molecule has 0 aliphatic carbocycles. The highest BCUT2D eigenvalue weighted by Gasteiger charge is 2.38. The number of aliphatic carboxylic acids is 1. The predicted molar refractivity (Wildman–Crippen MR) is 284 cm³/mol. The number of aromatic nitrogens is 4. The molecule has 0 atom stereocenters. The number of imide groups is 1. The number of nitrogens with two attached hydrogens (primary N) is 1. The Kier molecular flexibility index (Phi) is 18.2. The van der Waals surface area contributed by atoms with Crippen molar-refractivity contribution in [3.05, 3.63) is 135 Å². The number of hydrogen-bond donors (Lipinski definition) is 5. The number of pyridine rings is 1. The molecular weight excluding hydrogens is 1050 g/mol. The summed E-state index contributed by atoms with van der Waals surface area (Å²) in [5.74, 6) is -5.97. The molecular formula is C56H61F5N10O9. The average Bonchev–Trinajstić information content (AvgIpc) is 3.86. The van der Waals surface area contributed by atoms with Crippen molar-refractivity contribution in [2.75, 3.05) is 51.1 Å². The minimum Gasteiger partial charge on any atom is -0.475 e. The number of rotatable bonds is 16. The van der Waals surface area contributed by atoms with Crippen molar-refractivity contribution >= 4 is 46.5 Å². The number of alkyl halides is 3. The van der Waals surface area contributed by atoms with E-state index in [0.29, 0.717) is 52.1 Å². The summed E-state index contributed by atoms with van der Waals surface area (Å²) in [5, 5.41) is 12.8. The van der Waals surface area contributed by atoms with E-state index < -0.39 is 47.3 Å². The number of esters is 1. The van der Waals surface area contributed by atoms with Crippen LogP contribution in [0.25, 0.3) is 33.5 Å². The number of likely N-dealkylation sites (tertiary alicyclic amines) is 2. The molecule has 6 heterocycles. The maximum atomic E-state index is 15.4. The number of carbonyl (C=O) groups is 5. The summed E-state index contributed by atoms with van der Waals surface area (Å²) < 4.78 is 76.1. The molecule has 3 saturated heterocycles. The smallest absolute Gasteiger partial charge is 0.475 e. The number of halogens is 5. The first-order valence-electron chi connectivity index (χ1n) is 26.0. The molecule has 9 rings (SSSR count). The number of aromatic amines is 1. The van der Waals surface area contributed by atoms with Gasteiger partial charge in [-0.1, -0.05) is 36.4 Å². The SMILES string of the molecule is Cc1c(NC(=O)c2ccc(C(C)(C)OC(=O)CN)cc2F)cc(F)cc1-c1ncnc2[nH]c(-c3ccc(CN4CCC(OC5CCN(CCn6cccc(CN7CCC(=O)NC7=O)c6=O)CC5)CC4)cc3)cc12.O=C(O)C(F)(F)F. The van der Waals surface area contributed by atoms with Crippen LogP contribution in [0.1, 0.15) is 78.6 Å². The molecule has 3 aromatic carbocycles. The summed E-state index contributed by atoms with van der Waals surface area (Å²) in [6.07, 6.45) is 2.57. The molecule has 0 unspecified atom stereocenters. The van der Waals surface area contributed by atoms with Gasteiger partial charge in [0.1, 0.15) is 29.2 Å². The molecule has 0 bridgehead atoms. The topological polar surface area (TPSA) is 247 Å². The number of fused-ring (bicyclic) bond motifs is 1. The third-order valence-corrected chi connectivity index (χ3v) is 14.4. The number of anilines is 1. The van der Waals surface area contributed by atoms with Crippen molar-refractivity contribution in [3.8, 4) is 22.5 Å². The Morgan fingerprint density at radius 1 is 0.850 bits per heavy atom. The van der Waals surface area contributed by atoms with Crippen LogP contribution < -0.4 is 21.9 Å². The Bertz CT molecular complexity index is 3320. The fourth-order valence-electron chi connectivity index (χ4n) is 9.89. The van der Waals surface area contributed by atoms with Crippen LogP contribution in [0.4, 0.5) is 32.4 Å². The predicted octanol–water partition coefficient (Wildman–Crippen LogP) is 7.25. The second kappa shape index (κ2) is 25.0. The minimum atomic E-state index is -5.08. The first-order chi connectivity index (χ1) is 38.0. The lowest BCUT2D eigenvalue weighted by Gasteiger charge is -2.37. The third-order valence-electron chi connectivity index (χ3n) is 14.4. The highest BCUT2D eigenvalue weighted by atomic mass is 19.4.